The van der Waals surface area contributed by atoms with E-state index in [0.29, 0.717) is 11.3 Å². The Hall–Kier alpha value is -1.24. The predicted molar refractivity (Wildman–Crippen MR) is 77.6 cm³/mol. The van der Waals surface area contributed by atoms with E-state index in [1.807, 2.05) is 0 Å². The summed E-state index contributed by atoms with van der Waals surface area (Å²) < 4.78 is 0. The quantitative estimate of drug-likeness (QED) is 0.532. The molecule has 1 aromatic carbocycles. The van der Waals surface area contributed by atoms with Gasteiger partial charge < -0.3 is 5.73 Å². The second kappa shape index (κ2) is 3.88. The van der Waals surface area contributed by atoms with E-state index < -0.39 is 0 Å². The third kappa shape index (κ3) is 1.68. The summed E-state index contributed by atoms with van der Waals surface area (Å²) in [5.74, 6) is 1.29. The second-order valence-corrected chi connectivity index (χ2v) is 6.77. The molecule has 2 N–H and O–H groups in total. The minimum atomic E-state index is 0.392. The average Bonchev–Trinajstić information content (AvgIpc) is 2.27. The fourth-order valence-electron chi connectivity index (χ4n) is 4.05. The highest BCUT2D eigenvalue weighted by molar-refractivity contribution is 5.56. The maximum Gasteiger partial charge on any atom is 0.0355 e. The number of hydrogen-bond donors (Lipinski definition) is 1. The van der Waals surface area contributed by atoms with Gasteiger partial charge in [-0.2, -0.15) is 0 Å². The third-order valence-electron chi connectivity index (χ3n) is 4.96. The van der Waals surface area contributed by atoms with Crippen molar-refractivity contribution in [3.63, 3.8) is 0 Å². The van der Waals surface area contributed by atoms with Gasteiger partial charge in [0.15, 0.2) is 0 Å². The second-order valence-electron chi connectivity index (χ2n) is 6.77. The highest BCUT2D eigenvalue weighted by Gasteiger charge is 2.42. The number of anilines is 1. The first-order valence-corrected chi connectivity index (χ1v) is 7.03. The Morgan fingerprint density at radius 1 is 1.28 bits per heavy atom. The van der Waals surface area contributed by atoms with Crippen molar-refractivity contribution in [2.45, 2.75) is 46.0 Å². The van der Waals surface area contributed by atoms with Crippen molar-refractivity contribution in [1.29, 1.82) is 0 Å². The molecule has 2 unspecified atom stereocenters. The van der Waals surface area contributed by atoms with Crippen LogP contribution < -0.4 is 5.73 Å². The van der Waals surface area contributed by atoms with Gasteiger partial charge in [-0.25, -0.2) is 0 Å². The minimum absolute atomic E-state index is 0.392. The van der Waals surface area contributed by atoms with E-state index in [1.54, 1.807) is 0 Å². The van der Waals surface area contributed by atoms with Crippen molar-refractivity contribution >= 4 is 5.69 Å². The van der Waals surface area contributed by atoms with Gasteiger partial charge in [0.2, 0.25) is 0 Å². The Balaban J connectivity index is 2.19. The van der Waals surface area contributed by atoms with Crippen LogP contribution in [0.2, 0.25) is 0 Å². The number of nitrogens with two attached hydrogens (primary N) is 1. The van der Waals surface area contributed by atoms with Gasteiger partial charge >= 0.3 is 0 Å². The summed E-state index contributed by atoms with van der Waals surface area (Å²) in [7, 11) is 0. The lowest BCUT2D eigenvalue weighted by Gasteiger charge is -2.47. The zero-order valence-corrected chi connectivity index (χ0v) is 11.7. The summed E-state index contributed by atoms with van der Waals surface area (Å²) in [5.41, 5.74) is 12.0. The molecule has 0 saturated carbocycles. The number of fused-ring (bicyclic) bond motifs is 3. The zero-order chi connectivity index (χ0) is 12.9. The largest absolute Gasteiger partial charge is 0.398 e. The number of allylic oxidation sites excluding steroid dienone is 2. The summed E-state index contributed by atoms with van der Waals surface area (Å²) >= 11 is 0. The van der Waals surface area contributed by atoms with Gasteiger partial charge in [0.25, 0.3) is 0 Å². The van der Waals surface area contributed by atoms with Gasteiger partial charge in [-0.15, -0.1) is 0 Å². The van der Waals surface area contributed by atoms with Crippen LogP contribution in [0, 0.1) is 11.3 Å². The Bertz CT molecular complexity index is 510. The Kier molecular flexibility index (Phi) is 2.55. The van der Waals surface area contributed by atoms with Crippen molar-refractivity contribution in [3.8, 4) is 0 Å². The predicted octanol–water partition coefficient (Wildman–Crippen LogP) is 4.29. The molecule has 1 nitrogen and oxygen atoms in total. The fourth-order valence-corrected chi connectivity index (χ4v) is 4.05. The summed E-state index contributed by atoms with van der Waals surface area (Å²) in [5, 5.41) is 0. The fraction of sp³-hybridized carbons (Fsp3) is 0.529. The first kappa shape index (κ1) is 11.8. The molecule has 0 spiro atoms. The third-order valence-corrected chi connectivity index (χ3v) is 4.96. The first-order valence-electron chi connectivity index (χ1n) is 7.03. The van der Waals surface area contributed by atoms with Crippen molar-refractivity contribution in [2.75, 3.05) is 5.73 Å². The van der Waals surface area contributed by atoms with Crippen LogP contribution in [0.4, 0.5) is 5.69 Å². The monoisotopic (exact) mass is 241 g/mol. The molecule has 1 heteroatoms. The topological polar surface area (TPSA) is 26.0 Å². The Labute approximate surface area is 110 Å². The van der Waals surface area contributed by atoms with E-state index in [-0.39, 0.29) is 0 Å². The highest BCUT2D eigenvalue weighted by atomic mass is 14.6. The van der Waals surface area contributed by atoms with E-state index in [1.165, 1.54) is 36.0 Å². The van der Waals surface area contributed by atoms with Crippen molar-refractivity contribution in [1.82, 2.24) is 0 Å². The van der Waals surface area contributed by atoms with E-state index in [9.17, 15) is 0 Å². The number of rotatable bonds is 0. The molecule has 2 aliphatic carbocycles. The van der Waals surface area contributed by atoms with Crippen molar-refractivity contribution in [2.24, 2.45) is 11.3 Å². The molecule has 0 radical (unpaired) electrons. The van der Waals surface area contributed by atoms with Crippen LogP contribution >= 0.6 is 0 Å². The van der Waals surface area contributed by atoms with E-state index in [2.05, 4.69) is 45.0 Å². The number of benzene rings is 1. The molecule has 3 rings (SSSR count). The molecule has 1 aromatic rings. The van der Waals surface area contributed by atoms with Gasteiger partial charge in [-0.3, -0.25) is 0 Å². The van der Waals surface area contributed by atoms with Crippen LogP contribution in [0.25, 0.3) is 0 Å². The molecule has 0 aliphatic heterocycles. The number of nitrogen functional groups attached to an aromatic ring is 1. The van der Waals surface area contributed by atoms with Crippen molar-refractivity contribution < 1.29 is 0 Å². The summed E-state index contributed by atoms with van der Waals surface area (Å²) in [4.78, 5) is 0. The SMILES string of the molecule is CC1=CC2c3c(N)cccc3CC(C)(C)C2CC1. The molecule has 0 bridgehead atoms. The molecule has 2 atom stereocenters. The summed E-state index contributed by atoms with van der Waals surface area (Å²) in [6.07, 6.45) is 6.21. The molecule has 0 aromatic heterocycles. The summed E-state index contributed by atoms with van der Waals surface area (Å²) in [6, 6.07) is 6.43. The molecular weight excluding hydrogens is 218 g/mol. The normalized spacial score (nSPS) is 29.2. The standard InChI is InChI=1S/C17H23N/c1-11-7-8-14-13(9-11)16-12(10-17(14,2)3)5-4-6-15(16)18/h4-6,9,13-14H,7-8,10,18H2,1-3H3. The van der Waals surface area contributed by atoms with Gasteiger partial charge in [0, 0.05) is 11.6 Å². The lowest BCUT2D eigenvalue weighted by molar-refractivity contribution is 0.158. The van der Waals surface area contributed by atoms with Gasteiger partial charge in [-0.05, 0) is 54.7 Å². The molecule has 2 aliphatic rings. The Morgan fingerprint density at radius 3 is 2.83 bits per heavy atom. The van der Waals surface area contributed by atoms with Crippen LogP contribution in [0.3, 0.4) is 0 Å². The smallest absolute Gasteiger partial charge is 0.0355 e. The summed E-state index contributed by atoms with van der Waals surface area (Å²) in [6.45, 7) is 7.10. The zero-order valence-electron chi connectivity index (χ0n) is 11.7. The lowest BCUT2D eigenvalue weighted by Crippen LogP contribution is -2.37. The average molecular weight is 241 g/mol. The molecule has 96 valence electrons. The van der Waals surface area contributed by atoms with Crippen LogP contribution in [0.5, 0.6) is 0 Å². The van der Waals surface area contributed by atoms with E-state index in [4.69, 9.17) is 5.73 Å². The van der Waals surface area contributed by atoms with Gasteiger partial charge in [0.05, 0.1) is 0 Å². The minimum Gasteiger partial charge on any atom is -0.398 e. The lowest BCUT2D eigenvalue weighted by atomic mass is 9.58. The maximum absolute atomic E-state index is 6.25. The molecule has 0 fully saturated rings. The van der Waals surface area contributed by atoms with Crippen LogP contribution in [0.15, 0.2) is 29.8 Å². The molecule has 0 saturated heterocycles. The first-order chi connectivity index (χ1) is 8.49. The maximum atomic E-state index is 6.25. The highest BCUT2D eigenvalue weighted by Crippen LogP contribution is 2.53. The molecule has 0 heterocycles. The van der Waals surface area contributed by atoms with E-state index in [0.717, 1.165) is 11.6 Å². The molecular formula is C17H23N. The number of hydrogen-bond acceptors (Lipinski definition) is 1. The molecule has 18 heavy (non-hydrogen) atoms. The van der Waals surface area contributed by atoms with E-state index >= 15 is 0 Å². The van der Waals surface area contributed by atoms with Crippen LogP contribution in [-0.4, -0.2) is 0 Å². The van der Waals surface area contributed by atoms with Gasteiger partial charge in [0.1, 0.15) is 0 Å². The van der Waals surface area contributed by atoms with Crippen LogP contribution in [-0.2, 0) is 6.42 Å². The van der Waals surface area contributed by atoms with Gasteiger partial charge in [-0.1, -0.05) is 37.6 Å². The Morgan fingerprint density at radius 2 is 2.06 bits per heavy atom. The van der Waals surface area contributed by atoms with Crippen LogP contribution in [0.1, 0.15) is 50.7 Å². The van der Waals surface area contributed by atoms with Crippen molar-refractivity contribution in [3.05, 3.63) is 41.0 Å². The molecule has 0 amide bonds.